The Bertz CT molecular complexity index is 1090. The van der Waals surface area contributed by atoms with Gasteiger partial charge in [-0.15, -0.1) is 0 Å². The van der Waals surface area contributed by atoms with Gasteiger partial charge in [-0.3, -0.25) is 0 Å². The summed E-state index contributed by atoms with van der Waals surface area (Å²) in [4.78, 5) is 0. The molecule has 0 fully saturated rings. The first-order valence-corrected chi connectivity index (χ1v) is 9.19. The molecule has 3 aromatic rings. The van der Waals surface area contributed by atoms with Crippen molar-refractivity contribution in [2.24, 2.45) is 0 Å². The van der Waals surface area contributed by atoms with Crippen LogP contribution in [0.2, 0.25) is 0 Å². The number of benzene rings is 3. The summed E-state index contributed by atoms with van der Waals surface area (Å²) in [6, 6.07) is 17.3. The summed E-state index contributed by atoms with van der Waals surface area (Å²) in [5.74, 6) is 3.60. The Kier molecular flexibility index (Phi) is 3.01. The molecule has 0 N–H and O–H groups in total. The zero-order valence-electron chi connectivity index (χ0n) is 15.0. The summed E-state index contributed by atoms with van der Waals surface area (Å²) in [6.07, 6.45) is 0.918. The van der Waals surface area contributed by atoms with Gasteiger partial charge in [0.1, 0.15) is 0 Å². The number of aryl methyl sites for hydroxylation is 1. The normalized spacial score (nSPS) is 18.2. The maximum absolute atomic E-state index is 5.62. The van der Waals surface area contributed by atoms with Crippen LogP contribution >= 0.6 is 0 Å². The van der Waals surface area contributed by atoms with Crippen molar-refractivity contribution in [2.45, 2.75) is 19.3 Å². The molecule has 2 aliphatic heterocycles. The SMILES string of the molecule is Cc1ccc2c(c1)-c1cc3c(cc1C[C@@H]2c1ccc2c(c1)OCO2)OCO3. The van der Waals surface area contributed by atoms with Gasteiger partial charge in [0.2, 0.25) is 13.6 Å². The third-order valence-corrected chi connectivity index (χ3v) is 5.70. The third kappa shape index (κ3) is 2.23. The standard InChI is InChI=1S/C23H18O4/c1-13-2-4-16-17(14-3-5-20-21(8-14)25-11-24-20)7-15-9-22-23(27-12-26-22)10-18(15)19(16)6-13/h2-6,8-10,17H,7,11-12H2,1H3/t17-/m1/s1. The molecule has 1 aliphatic carbocycles. The minimum absolute atomic E-state index is 0.267. The van der Waals surface area contributed by atoms with E-state index in [9.17, 15) is 0 Å². The Balaban J connectivity index is 1.54. The van der Waals surface area contributed by atoms with Crippen molar-refractivity contribution in [3.63, 3.8) is 0 Å². The molecule has 6 rings (SSSR count). The maximum atomic E-state index is 5.62. The summed E-state index contributed by atoms with van der Waals surface area (Å²) in [7, 11) is 0. The highest BCUT2D eigenvalue weighted by Crippen LogP contribution is 2.48. The molecule has 0 unspecified atom stereocenters. The Morgan fingerprint density at radius 1 is 0.704 bits per heavy atom. The lowest BCUT2D eigenvalue weighted by atomic mass is 9.75. The highest BCUT2D eigenvalue weighted by Gasteiger charge is 2.30. The summed E-state index contributed by atoms with van der Waals surface area (Å²) < 4.78 is 22.3. The average Bonchev–Trinajstić information content (AvgIpc) is 3.33. The average molecular weight is 358 g/mol. The van der Waals surface area contributed by atoms with E-state index in [0.717, 1.165) is 29.4 Å². The molecule has 0 amide bonds. The summed E-state index contributed by atoms with van der Waals surface area (Å²) in [6.45, 7) is 2.73. The molecule has 0 saturated heterocycles. The van der Waals surface area contributed by atoms with Gasteiger partial charge in [-0.25, -0.2) is 0 Å². The van der Waals surface area contributed by atoms with Gasteiger partial charge in [0.25, 0.3) is 0 Å². The van der Waals surface area contributed by atoms with E-state index >= 15 is 0 Å². The fourth-order valence-corrected chi connectivity index (χ4v) is 4.37. The van der Waals surface area contributed by atoms with Crippen molar-refractivity contribution in [3.8, 4) is 34.1 Å². The predicted molar refractivity (Wildman–Crippen MR) is 101 cm³/mol. The smallest absolute Gasteiger partial charge is 0.231 e. The van der Waals surface area contributed by atoms with Crippen LogP contribution in [0.5, 0.6) is 23.0 Å². The lowest BCUT2D eigenvalue weighted by Crippen LogP contribution is -2.13. The molecule has 134 valence electrons. The Morgan fingerprint density at radius 3 is 2.30 bits per heavy atom. The fraction of sp³-hybridized carbons (Fsp3) is 0.217. The molecule has 4 nitrogen and oxygen atoms in total. The van der Waals surface area contributed by atoms with Crippen LogP contribution in [0, 0.1) is 6.92 Å². The van der Waals surface area contributed by atoms with Crippen LogP contribution in [0.25, 0.3) is 11.1 Å². The second-order valence-electron chi connectivity index (χ2n) is 7.32. The number of rotatable bonds is 1. The lowest BCUT2D eigenvalue weighted by Gasteiger charge is -2.29. The van der Waals surface area contributed by atoms with Gasteiger partial charge in [0.05, 0.1) is 0 Å². The molecule has 1 atom stereocenters. The zero-order chi connectivity index (χ0) is 18.0. The van der Waals surface area contributed by atoms with E-state index in [2.05, 4.69) is 49.4 Å². The van der Waals surface area contributed by atoms with Crippen LogP contribution in [0.3, 0.4) is 0 Å². The molecule has 4 heteroatoms. The van der Waals surface area contributed by atoms with E-state index in [0.29, 0.717) is 13.6 Å². The van der Waals surface area contributed by atoms with Crippen molar-refractivity contribution in [1.29, 1.82) is 0 Å². The van der Waals surface area contributed by atoms with Crippen molar-refractivity contribution in [1.82, 2.24) is 0 Å². The van der Waals surface area contributed by atoms with Gasteiger partial charge in [-0.2, -0.15) is 0 Å². The van der Waals surface area contributed by atoms with E-state index in [1.807, 2.05) is 6.07 Å². The summed E-state index contributed by atoms with van der Waals surface area (Å²) in [5, 5.41) is 0. The molecule has 3 aliphatic rings. The molecule has 0 aromatic heterocycles. The Labute approximate surface area is 157 Å². The van der Waals surface area contributed by atoms with Crippen molar-refractivity contribution in [3.05, 3.63) is 70.8 Å². The Hall–Kier alpha value is -3.14. The van der Waals surface area contributed by atoms with Crippen LogP contribution in [0.1, 0.15) is 28.2 Å². The highest BCUT2D eigenvalue weighted by molar-refractivity contribution is 5.78. The molecular formula is C23H18O4. The first-order chi connectivity index (χ1) is 13.3. The molecular weight excluding hydrogens is 340 g/mol. The largest absolute Gasteiger partial charge is 0.454 e. The third-order valence-electron chi connectivity index (χ3n) is 5.70. The van der Waals surface area contributed by atoms with Crippen molar-refractivity contribution < 1.29 is 18.9 Å². The van der Waals surface area contributed by atoms with Gasteiger partial charge >= 0.3 is 0 Å². The van der Waals surface area contributed by atoms with Gasteiger partial charge in [-0.05, 0) is 65.4 Å². The van der Waals surface area contributed by atoms with Crippen molar-refractivity contribution >= 4 is 0 Å². The van der Waals surface area contributed by atoms with Gasteiger partial charge in [0.15, 0.2) is 23.0 Å². The molecule has 0 spiro atoms. The second kappa shape index (κ2) is 5.43. The van der Waals surface area contributed by atoms with Crippen LogP contribution < -0.4 is 18.9 Å². The van der Waals surface area contributed by atoms with E-state index in [4.69, 9.17) is 18.9 Å². The van der Waals surface area contributed by atoms with Gasteiger partial charge < -0.3 is 18.9 Å². The van der Waals surface area contributed by atoms with Gasteiger partial charge in [0, 0.05) is 5.92 Å². The monoisotopic (exact) mass is 358 g/mol. The van der Waals surface area contributed by atoms with E-state index in [1.54, 1.807) is 0 Å². The summed E-state index contributed by atoms with van der Waals surface area (Å²) >= 11 is 0. The van der Waals surface area contributed by atoms with E-state index in [1.165, 1.54) is 33.4 Å². The minimum Gasteiger partial charge on any atom is -0.454 e. The van der Waals surface area contributed by atoms with Gasteiger partial charge in [-0.1, -0.05) is 29.8 Å². The topological polar surface area (TPSA) is 36.9 Å². The quantitative estimate of drug-likeness (QED) is 0.626. The van der Waals surface area contributed by atoms with Crippen LogP contribution in [0.4, 0.5) is 0 Å². The first kappa shape index (κ1) is 15.0. The number of fused-ring (bicyclic) bond motifs is 5. The fourth-order valence-electron chi connectivity index (χ4n) is 4.37. The Morgan fingerprint density at radius 2 is 1.44 bits per heavy atom. The molecule has 0 bridgehead atoms. The highest BCUT2D eigenvalue weighted by atomic mass is 16.7. The van der Waals surface area contributed by atoms with Crippen LogP contribution in [0.15, 0.2) is 48.5 Å². The zero-order valence-corrected chi connectivity index (χ0v) is 15.0. The van der Waals surface area contributed by atoms with E-state index < -0.39 is 0 Å². The van der Waals surface area contributed by atoms with Crippen molar-refractivity contribution in [2.75, 3.05) is 13.6 Å². The molecule has 3 aromatic carbocycles. The number of hydrogen-bond acceptors (Lipinski definition) is 4. The molecule has 27 heavy (non-hydrogen) atoms. The molecule has 0 radical (unpaired) electrons. The predicted octanol–water partition coefficient (Wildman–Crippen LogP) is 4.81. The maximum Gasteiger partial charge on any atom is 0.231 e. The first-order valence-electron chi connectivity index (χ1n) is 9.19. The summed E-state index contributed by atoms with van der Waals surface area (Å²) in [5.41, 5.74) is 7.65. The number of ether oxygens (including phenoxy) is 4. The molecule has 2 heterocycles. The van der Waals surface area contributed by atoms with Crippen LogP contribution in [-0.2, 0) is 6.42 Å². The molecule has 0 saturated carbocycles. The second-order valence-corrected chi connectivity index (χ2v) is 7.32. The van der Waals surface area contributed by atoms with Crippen LogP contribution in [-0.4, -0.2) is 13.6 Å². The minimum atomic E-state index is 0.267. The number of hydrogen-bond donors (Lipinski definition) is 0. The van der Waals surface area contributed by atoms with E-state index in [-0.39, 0.29) is 5.92 Å². The lowest BCUT2D eigenvalue weighted by molar-refractivity contribution is 0.173.